The summed E-state index contributed by atoms with van der Waals surface area (Å²) in [5, 5.41) is 2.57. The van der Waals surface area contributed by atoms with Gasteiger partial charge in [-0.2, -0.15) is 0 Å². The number of hydrogen-bond donors (Lipinski definition) is 1. The summed E-state index contributed by atoms with van der Waals surface area (Å²) in [4.78, 5) is 49.9. The predicted octanol–water partition coefficient (Wildman–Crippen LogP) is 1.54. The van der Waals surface area contributed by atoms with Crippen molar-refractivity contribution in [1.29, 1.82) is 0 Å². The van der Waals surface area contributed by atoms with E-state index < -0.39 is 5.97 Å². The minimum absolute atomic E-state index is 0.171. The van der Waals surface area contributed by atoms with E-state index in [1.165, 1.54) is 0 Å². The van der Waals surface area contributed by atoms with Gasteiger partial charge in [-0.25, -0.2) is 14.8 Å². The Kier molecular flexibility index (Phi) is 7.05. The van der Waals surface area contributed by atoms with Gasteiger partial charge in [0.15, 0.2) is 11.5 Å². The van der Waals surface area contributed by atoms with Crippen molar-refractivity contribution in [3.63, 3.8) is 0 Å². The van der Waals surface area contributed by atoms with E-state index in [1.807, 2.05) is 42.2 Å². The highest BCUT2D eigenvalue weighted by Crippen LogP contribution is 2.16. The molecule has 3 aromatic rings. The molecule has 0 unspecified atom stereocenters. The molecule has 0 bridgehead atoms. The van der Waals surface area contributed by atoms with Crippen LogP contribution in [-0.2, 0) is 16.1 Å². The van der Waals surface area contributed by atoms with Crippen LogP contribution in [0.25, 0.3) is 11.2 Å². The smallest absolute Gasteiger partial charge is 0.325 e. The van der Waals surface area contributed by atoms with Crippen LogP contribution in [0, 0.1) is 6.92 Å². The molecule has 4 rings (SSSR count). The summed E-state index contributed by atoms with van der Waals surface area (Å²) in [6, 6.07) is 11.4. The van der Waals surface area contributed by atoms with E-state index in [1.54, 1.807) is 28.7 Å². The van der Waals surface area contributed by atoms with Gasteiger partial charge in [0.05, 0.1) is 13.2 Å². The minimum Gasteiger partial charge on any atom is -0.465 e. The molecule has 1 saturated heterocycles. The number of esters is 1. The number of nitrogens with zero attached hydrogens (tertiary/aromatic N) is 5. The van der Waals surface area contributed by atoms with E-state index in [-0.39, 0.29) is 24.7 Å². The Morgan fingerprint density at radius 3 is 2.53 bits per heavy atom. The number of carbonyl (C=O) groups excluding carboxylic acids is 2. The average molecular weight is 465 g/mol. The molecule has 10 heteroatoms. The van der Waals surface area contributed by atoms with Gasteiger partial charge >= 0.3 is 12.0 Å². The lowest BCUT2D eigenvalue weighted by atomic mass is 10.1. The first kappa shape index (κ1) is 23.2. The van der Waals surface area contributed by atoms with Crippen molar-refractivity contribution >= 4 is 29.0 Å². The Morgan fingerprint density at radius 2 is 1.82 bits per heavy atom. The van der Waals surface area contributed by atoms with Gasteiger partial charge < -0.3 is 19.9 Å². The van der Waals surface area contributed by atoms with E-state index in [4.69, 9.17) is 4.74 Å². The van der Waals surface area contributed by atoms with Gasteiger partial charge in [0.2, 0.25) is 0 Å². The van der Waals surface area contributed by atoms with Crippen LogP contribution >= 0.6 is 0 Å². The van der Waals surface area contributed by atoms with Crippen LogP contribution in [0.2, 0.25) is 0 Å². The SMILES string of the molecule is CCOC(=O)CNC(=O)N1CCN(c2nc3cccnc3n(Cc3ccc(C)cc3)c2=O)CC1. The summed E-state index contributed by atoms with van der Waals surface area (Å²) >= 11 is 0. The van der Waals surface area contributed by atoms with Crippen molar-refractivity contribution in [2.24, 2.45) is 0 Å². The standard InChI is InChI=1S/C24H28N6O4/c1-3-34-20(31)15-26-24(33)29-13-11-28(12-14-29)22-23(32)30(16-18-8-6-17(2)7-9-18)21-19(27-22)5-4-10-25-21/h4-10H,3,11-16H2,1-2H3,(H,26,33). The molecule has 1 fully saturated rings. The van der Waals surface area contributed by atoms with Crippen LogP contribution in [0.4, 0.5) is 10.6 Å². The molecule has 0 aliphatic carbocycles. The largest absolute Gasteiger partial charge is 0.465 e. The lowest BCUT2D eigenvalue weighted by Crippen LogP contribution is -2.53. The molecule has 2 amide bonds. The number of benzene rings is 1. The molecule has 0 atom stereocenters. The number of amides is 2. The number of fused-ring (bicyclic) bond motifs is 1. The van der Waals surface area contributed by atoms with Crippen molar-refractivity contribution in [2.75, 3.05) is 44.2 Å². The van der Waals surface area contributed by atoms with Crippen LogP contribution in [0.3, 0.4) is 0 Å². The minimum atomic E-state index is -0.474. The van der Waals surface area contributed by atoms with Crippen LogP contribution in [-0.4, -0.2) is 70.8 Å². The summed E-state index contributed by atoms with van der Waals surface area (Å²) in [5.74, 6) is -0.128. The zero-order valence-electron chi connectivity index (χ0n) is 19.4. The zero-order chi connectivity index (χ0) is 24.1. The van der Waals surface area contributed by atoms with E-state index in [2.05, 4.69) is 15.3 Å². The molecule has 34 heavy (non-hydrogen) atoms. The molecule has 0 radical (unpaired) electrons. The van der Waals surface area contributed by atoms with Gasteiger partial charge in [0.1, 0.15) is 12.1 Å². The van der Waals surface area contributed by atoms with E-state index in [0.29, 0.717) is 49.7 Å². The highest BCUT2D eigenvalue weighted by atomic mass is 16.5. The molecule has 10 nitrogen and oxygen atoms in total. The first-order valence-corrected chi connectivity index (χ1v) is 11.3. The van der Waals surface area contributed by atoms with Crippen molar-refractivity contribution in [2.45, 2.75) is 20.4 Å². The number of rotatable bonds is 6. The van der Waals surface area contributed by atoms with Crippen LogP contribution in [0.15, 0.2) is 47.4 Å². The number of nitrogens with one attached hydrogen (secondary N) is 1. The molecule has 178 valence electrons. The van der Waals surface area contributed by atoms with Crippen LogP contribution < -0.4 is 15.8 Å². The number of carbonyl (C=O) groups is 2. The normalized spacial score (nSPS) is 13.7. The zero-order valence-corrected chi connectivity index (χ0v) is 19.4. The highest BCUT2D eigenvalue weighted by molar-refractivity contribution is 5.81. The molecule has 3 heterocycles. The fourth-order valence-electron chi connectivity index (χ4n) is 3.88. The Morgan fingerprint density at radius 1 is 1.09 bits per heavy atom. The summed E-state index contributed by atoms with van der Waals surface area (Å²) < 4.78 is 6.49. The third-order valence-corrected chi connectivity index (χ3v) is 5.70. The Hall–Kier alpha value is -3.95. The van der Waals surface area contributed by atoms with Gasteiger partial charge in [0, 0.05) is 32.4 Å². The monoisotopic (exact) mass is 464 g/mol. The van der Waals surface area contributed by atoms with Gasteiger partial charge in [-0.15, -0.1) is 0 Å². The second-order valence-electron chi connectivity index (χ2n) is 8.10. The van der Waals surface area contributed by atoms with Gasteiger partial charge in [-0.05, 0) is 31.5 Å². The van der Waals surface area contributed by atoms with Gasteiger partial charge in [-0.1, -0.05) is 29.8 Å². The summed E-state index contributed by atoms with van der Waals surface area (Å²) in [5.41, 5.74) is 3.11. The number of anilines is 1. The molecule has 2 aromatic heterocycles. The first-order valence-electron chi connectivity index (χ1n) is 11.3. The summed E-state index contributed by atoms with van der Waals surface area (Å²) in [7, 11) is 0. The molecular formula is C24H28N6O4. The van der Waals surface area contributed by atoms with E-state index in [9.17, 15) is 14.4 Å². The molecule has 0 saturated carbocycles. The number of pyridine rings is 1. The fourth-order valence-corrected chi connectivity index (χ4v) is 3.88. The number of aromatic nitrogens is 3. The molecule has 1 N–H and O–H groups in total. The molecule has 0 spiro atoms. The Balaban J connectivity index is 1.52. The number of hydrogen-bond acceptors (Lipinski definition) is 7. The van der Waals surface area contributed by atoms with Crippen molar-refractivity contribution in [3.8, 4) is 0 Å². The fraction of sp³-hybridized carbons (Fsp3) is 0.375. The lowest BCUT2D eigenvalue weighted by Gasteiger charge is -2.35. The number of urea groups is 1. The number of aryl methyl sites for hydroxylation is 1. The van der Waals surface area contributed by atoms with Gasteiger partial charge in [0.25, 0.3) is 5.56 Å². The maximum absolute atomic E-state index is 13.5. The van der Waals surface area contributed by atoms with Crippen molar-refractivity contribution < 1.29 is 14.3 Å². The van der Waals surface area contributed by atoms with Crippen LogP contribution in [0.5, 0.6) is 0 Å². The number of piperazine rings is 1. The molecule has 1 aliphatic heterocycles. The van der Waals surface area contributed by atoms with Crippen LogP contribution in [0.1, 0.15) is 18.1 Å². The third-order valence-electron chi connectivity index (χ3n) is 5.70. The highest BCUT2D eigenvalue weighted by Gasteiger charge is 2.25. The Labute approximate surface area is 197 Å². The van der Waals surface area contributed by atoms with Gasteiger partial charge in [-0.3, -0.25) is 14.2 Å². The Bertz CT molecular complexity index is 1230. The van der Waals surface area contributed by atoms with E-state index in [0.717, 1.165) is 11.1 Å². The third kappa shape index (κ3) is 5.16. The molecule has 1 aliphatic rings. The molecule has 1 aromatic carbocycles. The predicted molar refractivity (Wildman–Crippen MR) is 128 cm³/mol. The topological polar surface area (TPSA) is 110 Å². The second kappa shape index (κ2) is 10.3. The van der Waals surface area contributed by atoms with Crippen molar-refractivity contribution in [1.82, 2.24) is 24.8 Å². The second-order valence-corrected chi connectivity index (χ2v) is 8.10. The lowest BCUT2D eigenvalue weighted by molar-refractivity contribution is -0.141. The number of ether oxygens (including phenoxy) is 1. The first-order chi connectivity index (χ1) is 16.5. The summed E-state index contributed by atoms with van der Waals surface area (Å²) in [6.07, 6.45) is 1.66. The summed E-state index contributed by atoms with van der Waals surface area (Å²) in [6.45, 7) is 5.92. The maximum Gasteiger partial charge on any atom is 0.325 e. The maximum atomic E-state index is 13.5. The quantitative estimate of drug-likeness (QED) is 0.551. The molecular weight excluding hydrogens is 436 g/mol. The van der Waals surface area contributed by atoms with E-state index >= 15 is 0 Å². The average Bonchev–Trinajstić information content (AvgIpc) is 2.85. The van der Waals surface area contributed by atoms with Crippen molar-refractivity contribution in [3.05, 3.63) is 64.1 Å².